The molecule has 0 saturated carbocycles. The summed E-state index contributed by atoms with van der Waals surface area (Å²) in [5.74, 6) is 0.0858. The Morgan fingerprint density at radius 1 is 1.38 bits per heavy atom. The second-order valence-corrected chi connectivity index (χ2v) is 8.58. The monoisotopic (exact) mass is 350 g/mol. The van der Waals surface area contributed by atoms with Gasteiger partial charge in [-0.3, -0.25) is 9.59 Å². The fourth-order valence-electron chi connectivity index (χ4n) is 3.48. The van der Waals surface area contributed by atoms with Gasteiger partial charge < -0.3 is 9.80 Å². The highest BCUT2D eigenvalue weighted by molar-refractivity contribution is 7.91. The Bertz CT molecular complexity index is 760. The Morgan fingerprint density at radius 3 is 2.75 bits per heavy atom. The number of rotatable bonds is 4. The standard InChI is InChI=1S/C17H22N2O4S/c1-2-18(15-8-10-24(22,23)12-15)17(21)13-5-3-6-14(11-13)19-9-4-7-16(19)20/h3,5-6,11,15H,2,4,7-10,12H2,1H3. The van der Waals surface area contributed by atoms with Crippen molar-refractivity contribution >= 4 is 27.3 Å². The smallest absolute Gasteiger partial charge is 0.254 e. The van der Waals surface area contributed by atoms with Crippen LogP contribution in [-0.4, -0.2) is 55.8 Å². The van der Waals surface area contributed by atoms with E-state index in [-0.39, 0.29) is 29.4 Å². The van der Waals surface area contributed by atoms with Crippen LogP contribution in [0, 0.1) is 0 Å². The van der Waals surface area contributed by atoms with Crippen molar-refractivity contribution in [3.8, 4) is 0 Å². The molecular formula is C17H22N2O4S. The van der Waals surface area contributed by atoms with Crippen LogP contribution in [0.25, 0.3) is 0 Å². The van der Waals surface area contributed by atoms with Gasteiger partial charge in [0.05, 0.1) is 11.5 Å². The van der Waals surface area contributed by atoms with Crippen molar-refractivity contribution in [2.24, 2.45) is 0 Å². The van der Waals surface area contributed by atoms with Crippen LogP contribution in [0.3, 0.4) is 0 Å². The van der Waals surface area contributed by atoms with Crippen LogP contribution in [0.2, 0.25) is 0 Å². The highest BCUT2D eigenvalue weighted by Crippen LogP contribution is 2.24. The van der Waals surface area contributed by atoms with Crippen molar-refractivity contribution < 1.29 is 18.0 Å². The molecule has 1 aromatic carbocycles. The summed E-state index contributed by atoms with van der Waals surface area (Å²) in [5, 5.41) is 0. The predicted octanol–water partition coefficient (Wildman–Crippen LogP) is 1.46. The van der Waals surface area contributed by atoms with Crippen LogP contribution in [0.4, 0.5) is 5.69 Å². The van der Waals surface area contributed by atoms with E-state index in [4.69, 9.17) is 0 Å². The molecule has 2 saturated heterocycles. The van der Waals surface area contributed by atoms with E-state index in [1.54, 1.807) is 28.0 Å². The molecule has 1 aromatic rings. The molecule has 0 radical (unpaired) electrons. The van der Waals surface area contributed by atoms with Gasteiger partial charge in [-0.2, -0.15) is 0 Å². The molecule has 6 nitrogen and oxygen atoms in total. The third kappa shape index (κ3) is 3.31. The zero-order chi connectivity index (χ0) is 17.3. The van der Waals surface area contributed by atoms with E-state index in [1.165, 1.54) is 0 Å². The summed E-state index contributed by atoms with van der Waals surface area (Å²) in [6.07, 6.45) is 1.86. The summed E-state index contributed by atoms with van der Waals surface area (Å²) < 4.78 is 23.4. The van der Waals surface area contributed by atoms with Crippen molar-refractivity contribution in [2.75, 3.05) is 29.5 Å². The van der Waals surface area contributed by atoms with Crippen LogP contribution < -0.4 is 4.90 Å². The quantitative estimate of drug-likeness (QED) is 0.824. The van der Waals surface area contributed by atoms with E-state index in [0.717, 1.165) is 12.1 Å². The molecule has 7 heteroatoms. The number of hydrogen-bond acceptors (Lipinski definition) is 4. The number of carbonyl (C=O) groups excluding carboxylic acids is 2. The molecule has 0 bridgehead atoms. The average molecular weight is 350 g/mol. The lowest BCUT2D eigenvalue weighted by Crippen LogP contribution is -2.41. The molecule has 24 heavy (non-hydrogen) atoms. The topological polar surface area (TPSA) is 74.8 Å². The van der Waals surface area contributed by atoms with Gasteiger partial charge in [-0.25, -0.2) is 8.42 Å². The van der Waals surface area contributed by atoms with Crippen molar-refractivity contribution in [1.29, 1.82) is 0 Å². The van der Waals surface area contributed by atoms with Gasteiger partial charge in [0, 0.05) is 36.8 Å². The summed E-state index contributed by atoms with van der Waals surface area (Å²) in [6.45, 7) is 3.00. The lowest BCUT2D eigenvalue weighted by Gasteiger charge is -2.27. The maximum atomic E-state index is 12.9. The van der Waals surface area contributed by atoms with Gasteiger partial charge in [0.25, 0.3) is 5.91 Å². The average Bonchev–Trinajstić information content (AvgIpc) is 3.13. The second kappa shape index (κ2) is 6.55. The molecule has 0 aliphatic carbocycles. The van der Waals surface area contributed by atoms with E-state index >= 15 is 0 Å². The van der Waals surface area contributed by atoms with Gasteiger partial charge in [-0.15, -0.1) is 0 Å². The van der Waals surface area contributed by atoms with Gasteiger partial charge >= 0.3 is 0 Å². The Kier molecular flexibility index (Phi) is 4.62. The first-order valence-corrected chi connectivity index (χ1v) is 10.2. The number of sulfone groups is 1. The normalized spacial score (nSPS) is 22.8. The molecule has 2 fully saturated rings. The minimum absolute atomic E-state index is 0.0386. The Morgan fingerprint density at radius 2 is 2.17 bits per heavy atom. The lowest BCUT2D eigenvalue weighted by atomic mass is 10.1. The summed E-state index contributed by atoms with van der Waals surface area (Å²) >= 11 is 0. The first-order chi connectivity index (χ1) is 11.4. The Hall–Kier alpha value is -1.89. The summed E-state index contributed by atoms with van der Waals surface area (Å²) in [5.41, 5.74) is 1.23. The van der Waals surface area contributed by atoms with Gasteiger partial charge in [-0.1, -0.05) is 6.07 Å². The van der Waals surface area contributed by atoms with Gasteiger partial charge in [-0.05, 0) is 38.0 Å². The first kappa shape index (κ1) is 17.0. The fraction of sp³-hybridized carbons (Fsp3) is 0.529. The summed E-state index contributed by atoms with van der Waals surface area (Å²) in [7, 11) is -3.04. The van der Waals surface area contributed by atoms with Gasteiger partial charge in [0.2, 0.25) is 5.91 Å². The number of anilines is 1. The van der Waals surface area contributed by atoms with Crippen molar-refractivity contribution in [3.63, 3.8) is 0 Å². The third-order valence-corrected chi connectivity index (χ3v) is 6.48. The molecular weight excluding hydrogens is 328 g/mol. The molecule has 3 rings (SSSR count). The lowest BCUT2D eigenvalue weighted by molar-refractivity contribution is -0.117. The predicted molar refractivity (Wildman–Crippen MR) is 91.8 cm³/mol. The summed E-state index contributed by atoms with van der Waals surface area (Å²) in [4.78, 5) is 28.1. The zero-order valence-corrected chi connectivity index (χ0v) is 14.6. The Labute approximate surface area is 142 Å². The number of carbonyl (C=O) groups is 2. The van der Waals surface area contributed by atoms with Crippen LogP contribution in [0.1, 0.15) is 36.5 Å². The van der Waals surface area contributed by atoms with E-state index in [9.17, 15) is 18.0 Å². The van der Waals surface area contributed by atoms with Gasteiger partial charge in [0.1, 0.15) is 0 Å². The van der Waals surface area contributed by atoms with Crippen molar-refractivity contribution in [2.45, 2.75) is 32.2 Å². The second-order valence-electron chi connectivity index (χ2n) is 6.35. The zero-order valence-electron chi connectivity index (χ0n) is 13.8. The van der Waals surface area contributed by atoms with Crippen molar-refractivity contribution in [1.82, 2.24) is 4.90 Å². The van der Waals surface area contributed by atoms with E-state index in [1.807, 2.05) is 13.0 Å². The summed E-state index contributed by atoms with van der Waals surface area (Å²) in [6, 6.07) is 6.80. The third-order valence-electron chi connectivity index (χ3n) is 4.73. The molecule has 1 atom stereocenters. The number of hydrogen-bond donors (Lipinski definition) is 0. The molecule has 1 unspecified atom stereocenters. The molecule has 0 aromatic heterocycles. The molecule has 2 aliphatic rings. The molecule has 0 N–H and O–H groups in total. The van der Waals surface area contributed by atoms with Crippen molar-refractivity contribution in [3.05, 3.63) is 29.8 Å². The highest BCUT2D eigenvalue weighted by Gasteiger charge is 2.34. The largest absolute Gasteiger partial charge is 0.335 e. The van der Waals surface area contributed by atoms with Crippen LogP contribution in [0.15, 0.2) is 24.3 Å². The van der Waals surface area contributed by atoms with Crippen LogP contribution in [0.5, 0.6) is 0 Å². The SMILES string of the molecule is CCN(C(=O)c1cccc(N2CCCC2=O)c1)C1CCS(=O)(=O)C1. The fourth-order valence-corrected chi connectivity index (χ4v) is 5.21. The van der Waals surface area contributed by atoms with E-state index < -0.39 is 9.84 Å². The highest BCUT2D eigenvalue weighted by atomic mass is 32.2. The molecule has 2 aliphatic heterocycles. The maximum Gasteiger partial charge on any atom is 0.254 e. The molecule has 130 valence electrons. The first-order valence-electron chi connectivity index (χ1n) is 8.33. The Balaban J connectivity index is 1.82. The minimum Gasteiger partial charge on any atom is -0.335 e. The molecule has 0 spiro atoms. The van der Waals surface area contributed by atoms with Crippen LogP contribution >= 0.6 is 0 Å². The maximum absolute atomic E-state index is 12.9. The molecule has 2 heterocycles. The van der Waals surface area contributed by atoms with Crippen LogP contribution in [-0.2, 0) is 14.6 Å². The number of benzene rings is 1. The minimum atomic E-state index is -3.04. The molecule has 2 amide bonds. The van der Waals surface area contributed by atoms with E-state index in [0.29, 0.717) is 31.5 Å². The van der Waals surface area contributed by atoms with E-state index in [2.05, 4.69) is 0 Å². The number of nitrogens with zero attached hydrogens (tertiary/aromatic N) is 2. The number of amides is 2. The van der Waals surface area contributed by atoms with Gasteiger partial charge in [0.15, 0.2) is 9.84 Å².